The van der Waals surface area contributed by atoms with Crippen LogP contribution in [0.4, 0.5) is 0 Å². The minimum absolute atomic E-state index is 0.0142. The number of amides is 1. The maximum Gasteiger partial charge on any atom is 0.223 e. The Hall–Kier alpha value is -1.10. The molecule has 0 aromatic heterocycles. The molecule has 1 saturated carbocycles. The molecule has 0 unspecified atom stereocenters. The van der Waals surface area contributed by atoms with Gasteiger partial charge in [0.1, 0.15) is 0 Å². The van der Waals surface area contributed by atoms with Crippen molar-refractivity contribution in [3.05, 3.63) is 34.9 Å². The average molecular weight is 325 g/mol. The van der Waals surface area contributed by atoms with Crippen molar-refractivity contribution < 1.29 is 9.90 Å². The van der Waals surface area contributed by atoms with E-state index in [2.05, 4.69) is 10.2 Å². The third kappa shape index (κ3) is 4.97. The van der Waals surface area contributed by atoms with Crippen LogP contribution in [0.3, 0.4) is 0 Å². The summed E-state index contributed by atoms with van der Waals surface area (Å²) in [4.78, 5) is 14.6. The highest BCUT2D eigenvalue weighted by Crippen LogP contribution is 2.25. The molecule has 0 spiro atoms. The highest BCUT2D eigenvalue weighted by molar-refractivity contribution is 6.30. The molecule has 0 heterocycles. The van der Waals surface area contributed by atoms with Gasteiger partial charge >= 0.3 is 0 Å². The fourth-order valence-electron chi connectivity index (χ4n) is 2.92. The second-order valence-corrected chi connectivity index (χ2v) is 6.82. The van der Waals surface area contributed by atoms with E-state index in [9.17, 15) is 9.90 Å². The standard InChI is InChI=1S/C17H25ClN2O2/c1-20(2)11-16(12-3-7-14(18)8-4-12)19-17(22)13-5-9-15(21)10-6-13/h3-4,7-8,13,15-16,21H,5-6,9-11H2,1-2H3,(H,19,22)/t13?,15?,16-/m0/s1. The summed E-state index contributed by atoms with van der Waals surface area (Å²) in [6, 6.07) is 7.57. The van der Waals surface area contributed by atoms with Gasteiger partial charge in [-0.25, -0.2) is 0 Å². The molecule has 1 fully saturated rings. The van der Waals surface area contributed by atoms with Crippen LogP contribution in [0, 0.1) is 5.92 Å². The van der Waals surface area contributed by atoms with Crippen LogP contribution >= 0.6 is 11.6 Å². The van der Waals surface area contributed by atoms with Crippen molar-refractivity contribution in [2.45, 2.75) is 37.8 Å². The van der Waals surface area contributed by atoms with E-state index in [-0.39, 0.29) is 24.0 Å². The number of benzene rings is 1. The van der Waals surface area contributed by atoms with Crippen LogP contribution in [0.2, 0.25) is 5.02 Å². The number of halogens is 1. The van der Waals surface area contributed by atoms with Crippen LogP contribution < -0.4 is 5.32 Å². The normalized spacial score (nSPS) is 23.3. The Morgan fingerprint density at radius 1 is 1.27 bits per heavy atom. The number of carbonyl (C=O) groups excluding carboxylic acids is 1. The van der Waals surface area contributed by atoms with Crippen LogP contribution in [-0.4, -0.2) is 42.7 Å². The second kappa shape index (κ2) is 7.95. The first kappa shape index (κ1) is 17.3. The fraction of sp³-hybridized carbons (Fsp3) is 0.588. The number of nitrogens with one attached hydrogen (secondary N) is 1. The van der Waals surface area contributed by atoms with Crippen LogP contribution in [0.25, 0.3) is 0 Å². The van der Waals surface area contributed by atoms with Gasteiger partial charge in [0.15, 0.2) is 0 Å². The maximum atomic E-state index is 12.5. The summed E-state index contributed by atoms with van der Waals surface area (Å²) >= 11 is 5.94. The molecule has 5 heteroatoms. The van der Waals surface area contributed by atoms with Crippen molar-refractivity contribution in [2.75, 3.05) is 20.6 Å². The van der Waals surface area contributed by atoms with Crippen LogP contribution in [0.1, 0.15) is 37.3 Å². The topological polar surface area (TPSA) is 52.6 Å². The first-order chi connectivity index (χ1) is 10.5. The van der Waals surface area contributed by atoms with Crippen molar-refractivity contribution in [3.8, 4) is 0 Å². The highest BCUT2D eigenvalue weighted by Gasteiger charge is 2.27. The minimum Gasteiger partial charge on any atom is -0.393 e. The largest absolute Gasteiger partial charge is 0.393 e. The first-order valence-electron chi connectivity index (χ1n) is 7.84. The lowest BCUT2D eigenvalue weighted by molar-refractivity contribution is -0.127. The Bertz CT molecular complexity index is 482. The zero-order valence-corrected chi connectivity index (χ0v) is 14.0. The van der Waals surface area contributed by atoms with E-state index in [0.29, 0.717) is 5.02 Å². The third-order valence-electron chi connectivity index (χ3n) is 4.20. The predicted molar refractivity (Wildman–Crippen MR) is 88.9 cm³/mol. The molecule has 0 saturated heterocycles. The molecular formula is C17H25ClN2O2. The number of rotatable bonds is 5. The summed E-state index contributed by atoms with van der Waals surface area (Å²) in [5.74, 6) is 0.106. The van der Waals surface area contributed by atoms with E-state index in [1.807, 2.05) is 38.4 Å². The number of nitrogens with zero attached hydrogens (tertiary/aromatic N) is 1. The summed E-state index contributed by atoms with van der Waals surface area (Å²) in [6.07, 6.45) is 2.73. The van der Waals surface area contributed by atoms with Gasteiger partial charge < -0.3 is 15.3 Å². The minimum atomic E-state index is -0.238. The Balaban J connectivity index is 2.03. The number of hydrogen-bond acceptors (Lipinski definition) is 3. The molecule has 4 nitrogen and oxygen atoms in total. The molecule has 1 aromatic rings. The summed E-state index contributed by atoms with van der Waals surface area (Å²) in [5, 5.41) is 13.4. The van der Waals surface area contributed by atoms with Crippen molar-refractivity contribution in [1.29, 1.82) is 0 Å². The predicted octanol–water partition coefficient (Wildman–Crippen LogP) is 2.61. The van der Waals surface area contributed by atoms with E-state index in [1.54, 1.807) is 0 Å². The summed E-state index contributed by atoms with van der Waals surface area (Å²) in [6.45, 7) is 0.739. The zero-order valence-electron chi connectivity index (χ0n) is 13.3. The fourth-order valence-corrected chi connectivity index (χ4v) is 3.05. The number of carbonyl (C=O) groups is 1. The monoisotopic (exact) mass is 324 g/mol. The molecule has 0 radical (unpaired) electrons. The molecule has 0 aliphatic heterocycles. The van der Waals surface area contributed by atoms with E-state index in [0.717, 1.165) is 37.8 Å². The molecule has 0 bridgehead atoms. The van der Waals surface area contributed by atoms with E-state index < -0.39 is 0 Å². The highest BCUT2D eigenvalue weighted by atomic mass is 35.5. The van der Waals surface area contributed by atoms with Gasteiger partial charge in [0.05, 0.1) is 12.1 Å². The quantitative estimate of drug-likeness (QED) is 0.875. The van der Waals surface area contributed by atoms with Crippen LogP contribution in [0.15, 0.2) is 24.3 Å². The van der Waals surface area contributed by atoms with E-state index in [4.69, 9.17) is 11.6 Å². The molecular weight excluding hydrogens is 300 g/mol. The molecule has 1 aliphatic rings. The smallest absolute Gasteiger partial charge is 0.223 e. The van der Waals surface area contributed by atoms with E-state index >= 15 is 0 Å². The molecule has 122 valence electrons. The van der Waals surface area contributed by atoms with Gasteiger partial charge in [-0.3, -0.25) is 4.79 Å². The van der Waals surface area contributed by atoms with Crippen molar-refractivity contribution >= 4 is 17.5 Å². The average Bonchev–Trinajstić information content (AvgIpc) is 2.47. The summed E-state index contributed by atoms with van der Waals surface area (Å²) in [7, 11) is 3.98. The van der Waals surface area contributed by atoms with Crippen molar-refractivity contribution in [1.82, 2.24) is 10.2 Å². The number of hydrogen-bond donors (Lipinski definition) is 2. The third-order valence-corrected chi connectivity index (χ3v) is 4.46. The first-order valence-corrected chi connectivity index (χ1v) is 8.22. The Kier molecular flexibility index (Phi) is 6.24. The summed E-state index contributed by atoms with van der Waals surface area (Å²) < 4.78 is 0. The maximum absolute atomic E-state index is 12.5. The Morgan fingerprint density at radius 2 is 1.86 bits per heavy atom. The summed E-state index contributed by atoms with van der Waals surface area (Å²) in [5.41, 5.74) is 1.06. The molecule has 1 aliphatic carbocycles. The zero-order chi connectivity index (χ0) is 16.1. The van der Waals surface area contributed by atoms with Gasteiger partial charge in [-0.1, -0.05) is 23.7 Å². The Morgan fingerprint density at radius 3 is 2.41 bits per heavy atom. The van der Waals surface area contributed by atoms with Crippen molar-refractivity contribution in [3.63, 3.8) is 0 Å². The Labute approximate surface area is 137 Å². The molecule has 2 N–H and O–H groups in total. The molecule has 1 atom stereocenters. The lowest BCUT2D eigenvalue weighted by Gasteiger charge is -2.28. The number of likely N-dealkylation sites (N-methyl/N-ethyl adjacent to an activating group) is 1. The molecule has 1 amide bonds. The van der Waals surface area contributed by atoms with E-state index in [1.165, 1.54) is 0 Å². The van der Waals surface area contributed by atoms with Gasteiger partial charge in [-0.05, 0) is 57.5 Å². The second-order valence-electron chi connectivity index (χ2n) is 6.38. The lowest BCUT2D eigenvalue weighted by Crippen LogP contribution is -2.40. The van der Waals surface area contributed by atoms with Gasteiger partial charge in [0, 0.05) is 17.5 Å². The van der Waals surface area contributed by atoms with Gasteiger partial charge in [0.2, 0.25) is 5.91 Å². The van der Waals surface area contributed by atoms with Gasteiger partial charge in [-0.2, -0.15) is 0 Å². The van der Waals surface area contributed by atoms with Gasteiger partial charge in [0.25, 0.3) is 0 Å². The van der Waals surface area contributed by atoms with Crippen molar-refractivity contribution in [2.24, 2.45) is 5.92 Å². The van der Waals surface area contributed by atoms with Gasteiger partial charge in [-0.15, -0.1) is 0 Å². The SMILES string of the molecule is CN(C)C[C@H](NC(=O)C1CCC(O)CC1)c1ccc(Cl)cc1. The molecule has 22 heavy (non-hydrogen) atoms. The lowest BCUT2D eigenvalue weighted by atomic mass is 9.86. The van der Waals surface area contributed by atoms with Crippen LogP contribution in [0.5, 0.6) is 0 Å². The molecule has 2 rings (SSSR count). The number of aliphatic hydroxyl groups excluding tert-OH is 1. The molecule has 1 aromatic carbocycles. The van der Waals surface area contributed by atoms with Crippen LogP contribution in [-0.2, 0) is 4.79 Å². The number of aliphatic hydroxyl groups is 1.